The summed E-state index contributed by atoms with van der Waals surface area (Å²) >= 11 is 0. The molecule has 0 aliphatic rings. The molecule has 5 nitrogen and oxygen atoms in total. The molecule has 1 heterocycles. The van der Waals surface area contributed by atoms with E-state index in [9.17, 15) is 0 Å². The van der Waals surface area contributed by atoms with Crippen molar-refractivity contribution in [2.24, 2.45) is 12.0 Å². The predicted octanol–water partition coefficient (Wildman–Crippen LogP) is -0.0977. The predicted molar refractivity (Wildman–Crippen MR) is 40.8 cm³/mol. The van der Waals surface area contributed by atoms with Crippen LogP contribution in [-0.2, 0) is 7.05 Å². The van der Waals surface area contributed by atoms with E-state index in [1.807, 2.05) is 0 Å². The second kappa shape index (κ2) is 2.84. The largest absolute Gasteiger partial charge is 0.383 e. The average Bonchev–Trinajstić information content (AvgIpc) is 2.31. The Morgan fingerprint density at radius 2 is 2.64 bits per heavy atom. The van der Waals surface area contributed by atoms with Gasteiger partial charge in [-0.3, -0.25) is 0 Å². The highest BCUT2D eigenvalue weighted by Crippen LogP contribution is 2.03. The summed E-state index contributed by atoms with van der Waals surface area (Å²) in [5.41, 5.74) is 6.07. The lowest BCUT2D eigenvalue weighted by molar-refractivity contribution is 0.925. The van der Waals surface area contributed by atoms with Gasteiger partial charge in [0.1, 0.15) is 11.5 Å². The van der Waals surface area contributed by atoms with Crippen LogP contribution >= 0.6 is 0 Å². The Kier molecular flexibility index (Phi) is 1.88. The van der Waals surface area contributed by atoms with Gasteiger partial charge in [0.25, 0.3) is 0 Å². The number of imidazole rings is 1. The first kappa shape index (κ1) is 7.28. The molecule has 0 aromatic carbocycles. The number of anilines is 1. The molecule has 1 rings (SSSR count). The third-order valence-electron chi connectivity index (χ3n) is 1.26. The Balaban J connectivity index is 2.98. The molecule has 2 N–H and O–H groups in total. The van der Waals surface area contributed by atoms with E-state index in [0.29, 0.717) is 11.5 Å². The van der Waals surface area contributed by atoms with E-state index >= 15 is 0 Å². The standard InChI is InChI=1S/C6H7N5/c1-11-4-10-5(6(11)8)2-9-3-7/h2,4H,8H2,1H3. The van der Waals surface area contributed by atoms with Crippen LogP contribution in [0.3, 0.4) is 0 Å². The zero-order valence-corrected chi connectivity index (χ0v) is 6.02. The van der Waals surface area contributed by atoms with E-state index in [-0.39, 0.29) is 0 Å². The molecule has 0 radical (unpaired) electrons. The van der Waals surface area contributed by atoms with Gasteiger partial charge in [0.2, 0.25) is 6.19 Å². The summed E-state index contributed by atoms with van der Waals surface area (Å²) in [6, 6.07) is 0. The third-order valence-corrected chi connectivity index (χ3v) is 1.26. The van der Waals surface area contributed by atoms with Crippen molar-refractivity contribution in [3.63, 3.8) is 0 Å². The fourth-order valence-corrected chi connectivity index (χ4v) is 0.647. The number of nitrogen functional groups attached to an aromatic ring is 1. The van der Waals surface area contributed by atoms with Crippen LogP contribution in [0, 0.1) is 11.5 Å². The maximum atomic E-state index is 8.10. The van der Waals surface area contributed by atoms with Crippen LogP contribution in [0.25, 0.3) is 0 Å². The number of hydrogen-bond acceptors (Lipinski definition) is 4. The number of nitriles is 1. The van der Waals surface area contributed by atoms with Gasteiger partial charge in [-0.15, -0.1) is 0 Å². The molecule has 1 aromatic rings. The summed E-state index contributed by atoms with van der Waals surface area (Å²) in [5.74, 6) is 0.504. The van der Waals surface area contributed by atoms with Gasteiger partial charge in [-0.1, -0.05) is 0 Å². The van der Waals surface area contributed by atoms with Crippen molar-refractivity contribution in [3.8, 4) is 6.19 Å². The van der Waals surface area contributed by atoms with Crippen LogP contribution in [-0.4, -0.2) is 15.8 Å². The first-order valence-corrected chi connectivity index (χ1v) is 2.94. The summed E-state index contributed by atoms with van der Waals surface area (Å²) in [6.07, 6.45) is 4.51. The topological polar surface area (TPSA) is 80.0 Å². The summed E-state index contributed by atoms with van der Waals surface area (Å²) in [4.78, 5) is 7.23. The Hall–Kier alpha value is -1.83. The van der Waals surface area contributed by atoms with Crippen molar-refractivity contribution in [2.75, 3.05) is 5.73 Å². The SMILES string of the molecule is Cn1cnc(C=NC#N)c1N. The van der Waals surface area contributed by atoms with E-state index in [4.69, 9.17) is 11.0 Å². The normalized spacial score (nSPS) is 10.2. The molecule has 0 bridgehead atoms. The lowest BCUT2D eigenvalue weighted by Gasteiger charge is -1.91. The van der Waals surface area contributed by atoms with Crippen LogP contribution in [0.5, 0.6) is 0 Å². The molecule has 0 aliphatic heterocycles. The maximum Gasteiger partial charge on any atom is 0.205 e. The molecular weight excluding hydrogens is 142 g/mol. The number of nitrogens with zero attached hydrogens (tertiary/aromatic N) is 4. The number of aliphatic imine (C=N–C) groups is 1. The molecule has 11 heavy (non-hydrogen) atoms. The minimum Gasteiger partial charge on any atom is -0.383 e. The number of aromatic nitrogens is 2. The number of hydrogen-bond donors (Lipinski definition) is 1. The van der Waals surface area contributed by atoms with Gasteiger partial charge < -0.3 is 10.3 Å². The van der Waals surface area contributed by atoms with Crippen LogP contribution in [0.1, 0.15) is 5.69 Å². The average molecular weight is 149 g/mol. The molecule has 0 saturated carbocycles. The molecule has 0 fully saturated rings. The Bertz CT molecular complexity index is 316. The Labute approximate surface area is 63.8 Å². The van der Waals surface area contributed by atoms with E-state index < -0.39 is 0 Å². The van der Waals surface area contributed by atoms with Gasteiger partial charge >= 0.3 is 0 Å². The van der Waals surface area contributed by atoms with Crippen LogP contribution in [0.15, 0.2) is 11.3 Å². The number of aryl methyl sites for hydroxylation is 1. The van der Waals surface area contributed by atoms with Gasteiger partial charge in [-0.25, -0.2) is 4.98 Å². The molecule has 0 saturated heterocycles. The first-order valence-electron chi connectivity index (χ1n) is 2.94. The summed E-state index contributed by atoms with van der Waals surface area (Å²) in [5, 5.41) is 8.10. The fourth-order valence-electron chi connectivity index (χ4n) is 0.647. The summed E-state index contributed by atoms with van der Waals surface area (Å²) in [6.45, 7) is 0. The zero-order chi connectivity index (χ0) is 8.27. The van der Waals surface area contributed by atoms with Gasteiger partial charge in [-0.05, 0) is 0 Å². The smallest absolute Gasteiger partial charge is 0.205 e. The molecule has 0 spiro atoms. The minimum absolute atomic E-state index is 0.504. The quantitative estimate of drug-likeness (QED) is 0.447. The lowest BCUT2D eigenvalue weighted by Crippen LogP contribution is -1.97. The van der Waals surface area contributed by atoms with Crippen molar-refractivity contribution >= 4 is 12.0 Å². The molecule has 5 heteroatoms. The highest BCUT2D eigenvalue weighted by molar-refractivity contribution is 5.83. The van der Waals surface area contributed by atoms with Crippen molar-refractivity contribution in [2.45, 2.75) is 0 Å². The van der Waals surface area contributed by atoms with E-state index in [0.717, 1.165) is 0 Å². The van der Waals surface area contributed by atoms with Crippen molar-refractivity contribution in [3.05, 3.63) is 12.0 Å². The molecule has 0 amide bonds. The van der Waals surface area contributed by atoms with Crippen molar-refractivity contribution < 1.29 is 0 Å². The molecule has 56 valence electrons. The monoisotopic (exact) mass is 149 g/mol. The molecular formula is C6H7N5. The van der Waals surface area contributed by atoms with Crippen molar-refractivity contribution in [1.82, 2.24) is 9.55 Å². The van der Waals surface area contributed by atoms with Gasteiger partial charge in [-0.2, -0.15) is 10.3 Å². The maximum absolute atomic E-state index is 8.10. The van der Waals surface area contributed by atoms with Gasteiger partial charge in [0, 0.05) is 7.05 Å². The van der Waals surface area contributed by atoms with Crippen LogP contribution in [0.4, 0.5) is 5.82 Å². The molecule has 0 unspecified atom stereocenters. The summed E-state index contributed by atoms with van der Waals surface area (Å²) in [7, 11) is 1.77. The number of nitrogens with two attached hydrogens (primary N) is 1. The third kappa shape index (κ3) is 1.35. The Morgan fingerprint density at radius 1 is 1.91 bits per heavy atom. The van der Waals surface area contributed by atoms with Crippen LogP contribution in [0.2, 0.25) is 0 Å². The Morgan fingerprint density at radius 3 is 3.09 bits per heavy atom. The first-order chi connectivity index (χ1) is 5.25. The minimum atomic E-state index is 0.504. The summed E-state index contributed by atoms with van der Waals surface area (Å²) < 4.78 is 1.65. The zero-order valence-electron chi connectivity index (χ0n) is 6.02. The number of rotatable bonds is 1. The van der Waals surface area contributed by atoms with Gasteiger partial charge in [0.05, 0.1) is 12.5 Å². The van der Waals surface area contributed by atoms with Gasteiger partial charge in [0.15, 0.2) is 0 Å². The van der Waals surface area contributed by atoms with E-state index in [1.165, 1.54) is 6.21 Å². The second-order valence-electron chi connectivity index (χ2n) is 1.98. The molecule has 0 aliphatic carbocycles. The lowest BCUT2D eigenvalue weighted by atomic mass is 10.5. The van der Waals surface area contributed by atoms with E-state index in [1.54, 1.807) is 24.1 Å². The molecule has 1 aromatic heterocycles. The fraction of sp³-hybridized carbons (Fsp3) is 0.167. The van der Waals surface area contributed by atoms with Crippen LogP contribution < -0.4 is 5.73 Å². The van der Waals surface area contributed by atoms with E-state index in [2.05, 4.69) is 9.98 Å². The highest BCUT2D eigenvalue weighted by atomic mass is 15.1. The second-order valence-corrected chi connectivity index (χ2v) is 1.98. The highest BCUT2D eigenvalue weighted by Gasteiger charge is 1.99. The van der Waals surface area contributed by atoms with Crippen molar-refractivity contribution in [1.29, 1.82) is 5.26 Å². The molecule has 0 atom stereocenters.